The molecule has 4 heterocycles. The summed E-state index contributed by atoms with van der Waals surface area (Å²) in [5.41, 5.74) is 0.874. The zero-order chi connectivity index (χ0) is 20.9. The summed E-state index contributed by atoms with van der Waals surface area (Å²) in [5.74, 6) is -0.0194. The van der Waals surface area contributed by atoms with Crippen molar-refractivity contribution in [1.82, 2.24) is 24.8 Å². The van der Waals surface area contributed by atoms with Crippen molar-refractivity contribution >= 4 is 29.1 Å². The molecule has 1 saturated heterocycles. The molecule has 0 radical (unpaired) electrons. The SMILES string of the molecule is CC12CCC(=O)N1c1ccccc1C(=O)N2CC(=O)NCc1nnc2ccccn12. The van der Waals surface area contributed by atoms with Crippen LogP contribution in [-0.4, -0.2) is 49.4 Å². The van der Waals surface area contributed by atoms with E-state index in [-0.39, 0.29) is 30.8 Å². The van der Waals surface area contributed by atoms with Crippen LogP contribution in [0.15, 0.2) is 48.7 Å². The summed E-state index contributed by atoms with van der Waals surface area (Å²) < 4.78 is 1.79. The molecule has 2 aliphatic rings. The number of benzene rings is 1. The van der Waals surface area contributed by atoms with Crippen molar-refractivity contribution in [1.29, 1.82) is 0 Å². The van der Waals surface area contributed by atoms with E-state index in [0.29, 0.717) is 35.6 Å². The van der Waals surface area contributed by atoms with Crippen molar-refractivity contribution in [3.8, 4) is 0 Å². The van der Waals surface area contributed by atoms with E-state index in [0.717, 1.165) is 0 Å². The molecule has 1 aromatic carbocycles. The van der Waals surface area contributed by atoms with Crippen molar-refractivity contribution < 1.29 is 14.4 Å². The van der Waals surface area contributed by atoms with Crippen LogP contribution in [0, 0.1) is 0 Å². The Morgan fingerprint density at radius 1 is 1.13 bits per heavy atom. The summed E-state index contributed by atoms with van der Waals surface area (Å²) in [4.78, 5) is 41.7. The summed E-state index contributed by atoms with van der Waals surface area (Å²) in [6.45, 7) is 1.87. The maximum Gasteiger partial charge on any atom is 0.258 e. The van der Waals surface area contributed by atoms with Crippen LogP contribution in [0.5, 0.6) is 0 Å². The van der Waals surface area contributed by atoms with Crippen LogP contribution in [0.1, 0.15) is 35.9 Å². The maximum atomic E-state index is 13.2. The van der Waals surface area contributed by atoms with Crippen LogP contribution in [0.2, 0.25) is 0 Å². The fraction of sp³-hybridized carbons (Fsp3) is 0.286. The van der Waals surface area contributed by atoms with Gasteiger partial charge in [0.1, 0.15) is 12.2 Å². The van der Waals surface area contributed by atoms with E-state index in [1.165, 1.54) is 4.90 Å². The zero-order valence-electron chi connectivity index (χ0n) is 16.4. The molecule has 0 saturated carbocycles. The van der Waals surface area contributed by atoms with Gasteiger partial charge in [-0.3, -0.25) is 23.7 Å². The van der Waals surface area contributed by atoms with Gasteiger partial charge < -0.3 is 10.2 Å². The summed E-state index contributed by atoms with van der Waals surface area (Å²) >= 11 is 0. The minimum Gasteiger partial charge on any atom is -0.347 e. The quantitative estimate of drug-likeness (QED) is 0.708. The third-order valence-electron chi connectivity index (χ3n) is 5.88. The number of fused-ring (bicyclic) bond motifs is 4. The minimum absolute atomic E-state index is 0.0437. The largest absolute Gasteiger partial charge is 0.347 e. The van der Waals surface area contributed by atoms with Crippen LogP contribution in [0.25, 0.3) is 5.65 Å². The molecule has 0 bridgehead atoms. The van der Waals surface area contributed by atoms with Gasteiger partial charge in [-0.15, -0.1) is 10.2 Å². The van der Waals surface area contributed by atoms with Crippen molar-refractivity contribution in [3.63, 3.8) is 0 Å². The van der Waals surface area contributed by atoms with E-state index >= 15 is 0 Å². The molecule has 3 amide bonds. The number of anilines is 1. The average Bonchev–Trinajstić information content (AvgIpc) is 3.31. The van der Waals surface area contributed by atoms with E-state index in [2.05, 4.69) is 15.5 Å². The highest BCUT2D eigenvalue weighted by Crippen LogP contribution is 2.43. The number of pyridine rings is 1. The molecule has 9 heteroatoms. The fourth-order valence-corrected chi connectivity index (χ4v) is 4.33. The maximum absolute atomic E-state index is 13.2. The Morgan fingerprint density at radius 3 is 2.80 bits per heavy atom. The molecule has 5 rings (SSSR count). The first kappa shape index (κ1) is 18.3. The topological polar surface area (TPSA) is 99.9 Å². The third kappa shape index (κ3) is 2.66. The van der Waals surface area contributed by atoms with Crippen molar-refractivity contribution in [2.24, 2.45) is 0 Å². The predicted molar refractivity (Wildman–Crippen MR) is 107 cm³/mol. The number of amides is 3. The number of carbonyl (C=O) groups excluding carboxylic acids is 3. The monoisotopic (exact) mass is 404 g/mol. The lowest BCUT2D eigenvalue weighted by atomic mass is 9.98. The molecular formula is C21H20N6O3. The van der Waals surface area contributed by atoms with Crippen LogP contribution >= 0.6 is 0 Å². The fourth-order valence-electron chi connectivity index (χ4n) is 4.33. The molecule has 0 spiro atoms. The number of nitrogens with zero attached hydrogens (tertiary/aromatic N) is 5. The van der Waals surface area contributed by atoms with Crippen molar-refractivity contribution in [2.75, 3.05) is 11.4 Å². The number of hydrogen-bond donors (Lipinski definition) is 1. The van der Waals surface area contributed by atoms with E-state index in [4.69, 9.17) is 0 Å². The molecule has 1 atom stereocenters. The van der Waals surface area contributed by atoms with Gasteiger partial charge in [0.25, 0.3) is 5.91 Å². The number of nitrogens with one attached hydrogen (secondary N) is 1. The molecule has 1 unspecified atom stereocenters. The van der Waals surface area contributed by atoms with E-state index in [9.17, 15) is 14.4 Å². The van der Waals surface area contributed by atoms with Crippen LogP contribution in [0.4, 0.5) is 5.69 Å². The molecular weight excluding hydrogens is 384 g/mol. The van der Waals surface area contributed by atoms with Gasteiger partial charge in [-0.05, 0) is 37.6 Å². The Balaban J connectivity index is 1.38. The second-order valence-electron chi connectivity index (χ2n) is 7.68. The normalized spacial score (nSPS) is 20.4. The van der Waals surface area contributed by atoms with E-state index in [1.807, 2.05) is 37.4 Å². The van der Waals surface area contributed by atoms with Gasteiger partial charge in [-0.1, -0.05) is 18.2 Å². The predicted octanol–water partition coefficient (Wildman–Crippen LogP) is 1.34. The molecule has 2 aliphatic heterocycles. The number of carbonyl (C=O) groups is 3. The average molecular weight is 404 g/mol. The molecule has 0 aliphatic carbocycles. The lowest BCUT2D eigenvalue weighted by Gasteiger charge is -2.48. The molecule has 3 aromatic rings. The van der Waals surface area contributed by atoms with Gasteiger partial charge in [0.15, 0.2) is 11.5 Å². The number of aromatic nitrogens is 3. The van der Waals surface area contributed by atoms with Gasteiger partial charge in [0.05, 0.1) is 17.8 Å². The molecule has 152 valence electrons. The molecule has 1 N–H and O–H groups in total. The lowest BCUT2D eigenvalue weighted by molar-refractivity contribution is -0.124. The Morgan fingerprint density at radius 2 is 1.93 bits per heavy atom. The Bertz CT molecular complexity index is 1190. The van der Waals surface area contributed by atoms with Gasteiger partial charge in [-0.2, -0.15) is 0 Å². The summed E-state index contributed by atoms with van der Waals surface area (Å²) in [5, 5.41) is 11.0. The highest BCUT2D eigenvalue weighted by atomic mass is 16.2. The molecule has 30 heavy (non-hydrogen) atoms. The van der Waals surface area contributed by atoms with Gasteiger partial charge in [-0.25, -0.2) is 0 Å². The second kappa shape index (κ2) is 6.65. The first-order valence-corrected chi connectivity index (χ1v) is 9.78. The highest BCUT2D eigenvalue weighted by Gasteiger charge is 2.53. The van der Waals surface area contributed by atoms with Crippen LogP contribution in [-0.2, 0) is 16.1 Å². The summed E-state index contributed by atoms with van der Waals surface area (Å²) in [6.07, 6.45) is 2.64. The minimum atomic E-state index is -0.860. The van der Waals surface area contributed by atoms with Gasteiger partial charge in [0.2, 0.25) is 11.8 Å². The first-order valence-electron chi connectivity index (χ1n) is 9.78. The summed E-state index contributed by atoms with van der Waals surface area (Å²) in [6, 6.07) is 12.6. The van der Waals surface area contributed by atoms with Gasteiger partial charge in [0, 0.05) is 12.6 Å². The molecule has 2 aromatic heterocycles. The van der Waals surface area contributed by atoms with Gasteiger partial charge >= 0.3 is 0 Å². The number of para-hydroxylation sites is 1. The van der Waals surface area contributed by atoms with Crippen LogP contribution < -0.4 is 10.2 Å². The first-order chi connectivity index (χ1) is 14.5. The number of hydrogen-bond acceptors (Lipinski definition) is 5. The third-order valence-corrected chi connectivity index (χ3v) is 5.88. The summed E-state index contributed by atoms with van der Waals surface area (Å²) in [7, 11) is 0. The zero-order valence-corrected chi connectivity index (χ0v) is 16.4. The Kier molecular flexibility index (Phi) is 4.05. The van der Waals surface area contributed by atoms with Crippen molar-refractivity contribution in [2.45, 2.75) is 32.0 Å². The van der Waals surface area contributed by atoms with Crippen molar-refractivity contribution in [3.05, 3.63) is 60.0 Å². The molecule has 1 fully saturated rings. The Labute approximate surface area is 172 Å². The number of rotatable bonds is 4. The lowest BCUT2D eigenvalue weighted by Crippen LogP contribution is -2.63. The smallest absolute Gasteiger partial charge is 0.258 e. The highest BCUT2D eigenvalue weighted by molar-refractivity contribution is 6.11. The second-order valence-corrected chi connectivity index (χ2v) is 7.68. The Hall–Kier alpha value is -3.75. The van der Waals surface area contributed by atoms with E-state index in [1.54, 1.807) is 27.5 Å². The molecule has 9 nitrogen and oxygen atoms in total. The standard InChI is InChI=1S/C21H20N6O3/c1-21-10-9-19(29)27(21)15-7-3-2-6-14(15)20(30)26(21)13-18(28)22-12-17-24-23-16-8-4-5-11-25(16)17/h2-8,11H,9-10,12-13H2,1H3,(H,22,28). The van der Waals surface area contributed by atoms with E-state index < -0.39 is 5.66 Å². The van der Waals surface area contributed by atoms with Crippen LogP contribution in [0.3, 0.4) is 0 Å².